The van der Waals surface area contributed by atoms with E-state index in [2.05, 4.69) is 25.6 Å². The van der Waals surface area contributed by atoms with Crippen molar-refractivity contribution in [3.05, 3.63) is 34.2 Å². The number of thiazole rings is 1. The van der Waals surface area contributed by atoms with Gasteiger partial charge in [-0.3, -0.25) is 4.72 Å². The molecular formula is C10H9BrFN3O2S2. The first kappa shape index (κ1) is 14.2. The smallest absolute Gasteiger partial charge is 0.273 e. The lowest BCUT2D eigenvalue weighted by molar-refractivity contribution is 0.602. The maximum absolute atomic E-state index is 13.3. The predicted molar refractivity (Wildman–Crippen MR) is 76.2 cm³/mol. The third-order valence-corrected chi connectivity index (χ3v) is 5.81. The first-order valence-electron chi connectivity index (χ1n) is 5.00. The van der Waals surface area contributed by atoms with Crippen molar-refractivity contribution >= 4 is 48.1 Å². The van der Waals surface area contributed by atoms with Gasteiger partial charge in [0, 0.05) is 0 Å². The number of halogens is 2. The zero-order chi connectivity index (χ0) is 14.2. The molecule has 5 nitrogen and oxygen atoms in total. The van der Waals surface area contributed by atoms with Gasteiger partial charge in [0.05, 0.1) is 15.9 Å². The van der Waals surface area contributed by atoms with E-state index in [-0.39, 0.29) is 19.5 Å². The van der Waals surface area contributed by atoms with Crippen LogP contribution in [0.25, 0.3) is 0 Å². The van der Waals surface area contributed by atoms with Gasteiger partial charge in [-0.25, -0.2) is 17.8 Å². The van der Waals surface area contributed by atoms with E-state index in [1.165, 1.54) is 12.1 Å². The number of aromatic nitrogens is 1. The van der Waals surface area contributed by atoms with Crippen molar-refractivity contribution in [3.63, 3.8) is 0 Å². The molecule has 0 aliphatic carbocycles. The molecule has 2 rings (SSSR count). The fourth-order valence-electron chi connectivity index (χ4n) is 1.41. The number of hydrogen-bond donors (Lipinski definition) is 2. The second-order valence-electron chi connectivity index (χ2n) is 3.66. The molecule has 2 aromatic rings. The van der Waals surface area contributed by atoms with Gasteiger partial charge < -0.3 is 5.73 Å². The van der Waals surface area contributed by atoms with E-state index in [9.17, 15) is 12.8 Å². The molecule has 0 aliphatic rings. The van der Waals surface area contributed by atoms with Crippen molar-refractivity contribution in [2.75, 3.05) is 10.5 Å². The summed E-state index contributed by atoms with van der Waals surface area (Å²) in [6.45, 7) is 1.55. The fourth-order valence-corrected chi connectivity index (χ4v) is 4.01. The van der Waals surface area contributed by atoms with Gasteiger partial charge in [0.25, 0.3) is 10.0 Å². The van der Waals surface area contributed by atoms with Crippen LogP contribution in [0.5, 0.6) is 0 Å². The molecule has 0 saturated carbocycles. The molecule has 1 aromatic carbocycles. The summed E-state index contributed by atoms with van der Waals surface area (Å²) in [6, 6.07) is 3.95. The zero-order valence-corrected chi connectivity index (χ0v) is 12.9. The number of nitrogens with two attached hydrogens (primary N) is 1. The molecule has 3 N–H and O–H groups in total. The van der Waals surface area contributed by atoms with Crippen molar-refractivity contribution < 1.29 is 12.8 Å². The van der Waals surface area contributed by atoms with Gasteiger partial charge in [0.1, 0.15) is 5.82 Å². The van der Waals surface area contributed by atoms with Crippen LogP contribution in [0.3, 0.4) is 0 Å². The largest absolute Gasteiger partial charge is 0.375 e. The molecule has 1 aromatic heterocycles. The molecule has 0 spiro atoms. The first-order chi connectivity index (χ1) is 8.79. The SMILES string of the molecule is Cc1nc(N)sc1S(=O)(=O)Nc1ccc(Br)c(F)c1. The second-order valence-corrected chi connectivity index (χ2v) is 7.42. The summed E-state index contributed by atoms with van der Waals surface area (Å²) in [4.78, 5) is 3.85. The zero-order valence-electron chi connectivity index (χ0n) is 9.65. The quantitative estimate of drug-likeness (QED) is 0.875. The van der Waals surface area contributed by atoms with Crippen LogP contribution < -0.4 is 10.5 Å². The maximum Gasteiger partial charge on any atom is 0.273 e. The van der Waals surface area contributed by atoms with Crippen LogP contribution in [0, 0.1) is 12.7 Å². The van der Waals surface area contributed by atoms with E-state index in [1.54, 1.807) is 6.92 Å². The Morgan fingerprint density at radius 2 is 2.16 bits per heavy atom. The summed E-state index contributed by atoms with van der Waals surface area (Å²) < 4.78 is 40.1. The summed E-state index contributed by atoms with van der Waals surface area (Å²) in [5.74, 6) is -0.555. The standard InChI is InChI=1S/C10H9BrFN3O2S2/c1-5-9(18-10(13)14-5)19(16,17)15-6-2-3-7(11)8(12)4-6/h2-4,15H,1H3,(H2,13,14). The summed E-state index contributed by atoms with van der Waals surface area (Å²) in [6.07, 6.45) is 0. The molecule has 0 amide bonds. The Labute approximate surface area is 121 Å². The van der Waals surface area contributed by atoms with Gasteiger partial charge in [-0.05, 0) is 41.1 Å². The highest BCUT2D eigenvalue weighted by Gasteiger charge is 2.21. The normalized spacial score (nSPS) is 11.5. The minimum absolute atomic E-state index is 0.0216. The predicted octanol–water partition coefficient (Wildman–Crippen LogP) is 2.74. The molecule has 0 unspecified atom stereocenters. The van der Waals surface area contributed by atoms with Crippen LogP contribution in [0.15, 0.2) is 26.9 Å². The molecule has 1 heterocycles. The van der Waals surface area contributed by atoms with Crippen molar-refractivity contribution in [1.29, 1.82) is 0 Å². The summed E-state index contributed by atoms with van der Waals surface area (Å²) in [7, 11) is -3.81. The van der Waals surface area contributed by atoms with Gasteiger partial charge in [0.15, 0.2) is 9.34 Å². The number of nitrogens with one attached hydrogen (secondary N) is 1. The minimum atomic E-state index is -3.81. The molecule has 0 atom stereocenters. The number of anilines is 2. The molecule has 0 fully saturated rings. The average molecular weight is 366 g/mol. The van der Waals surface area contributed by atoms with Gasteiger partial charge in [-0.2, -0.15) is 0 Å². The van der Waals surface area contributed by atoms with E-state index in [1.807, 2.05) is 0 Å². The van der Waals surface area contributed by atoms with Gasteiger partial charge >= 0.3 is 0 Å². The van der Waals surface area contributed by atoms with Crippen LogP contribution in [0.2, 0.25) is 0 Å². The lowest BCUT2D eigenvalue weighted by atomic mass is 10.3. The summed E-state index contributed by atoms with van der Waals surface area (Å²) >= 11 is 3.85. The van der Waals surface area contributed by atoms with Crippen LogP contribution in [-0.4, -0.2) is 13.4 Å². The van der Waals surface area contributed by atoms with Crippen molar-refractivity contribution in [3.8, 4) is 0 Å². The number of hydrogen-bond acceptors (Lipinski definition) is 5. The maximum atomic E-state index is 13.3. The number of nitrogen functional groups attached to an aromatic ring is 1. The Hall–Kier alpha value is -1.19. The van der Waals surface area contributed by atoms with E-state index >= 15 is 0 Å². The molecule has 102 valence electrons. The van der Waals surface area contributed by atoms with Crippen LogP contribution in [0.4, 0.5) is 15.2 Å². The van der Waals surface area contributed by atoms with Gasteiger partial charge in [-0.15, -0.1) is 0 Å². The van der Waals surface area contributed by atoms with Gasteiger partial charge in [0.2, 0.25) is 0 Å². The molecule has 0 saturated heterocycles. The van der Waals surface area contributed by atoms with Gasteiger partial charge in [-0.1, -0.05) is 11.3 Å². The lowest BCUT2D eigenvalue weighted by Crippen LogP contribution is -2.12. The molecular weight excluding hydrogens is 357 g/mol. The van der Waals surface area contributed by atoms with Crippen LogP contribution >= 0.6 is 27.3 Å². The highest BCUT2D eigenvalue weighted by Crippen LogP contribution is 2.28. The average Bonchev–Trinajstić information content (AvgIpc) is 2.63. The Morgan fingerprint density at radius 1 is 1.47 bits per heavy atom. The monoisotopic (exact) mass is 365 g/mol. The third kappa shape index (κ3) is 3.04. The van der Waals surface area contributed by atoms with Crippen LogP contribution in [0.1, 0.15) is 5.69 Å². The molecule has 0 radical (unpaired) electrons. The number of nitrogens with zero attached hydrogens (tertiary/aromatic N) is 1. The lowest BCUT2D eigenvalue weighted by Gasteiger charge is -2.07. The van der Waals surface area contributed by atoms with Crippen LogP contribution in [-0.2, 0) is 10.0 Å². The van der Waals surface area contributed by atoms with E-state index in [4.69, 9.17) is 5.73 Å². The Bertz CT molecular complexity index is 730. The molecule has 9 heteroatoms. The van der Waals surface area contributed by atoms with E-state index in [0.29, 0.717) is 5.69 Å². The second kappa shape index (κ2) is 5.06. The Balaban J connectivity index is 2.36. The number of sulfonamides is 1. The Kier molecular flexibility index (Phi) is 3.79. The Morgan fingerprint density at radius 3 is 2.68 bits per heavy atom. The highest BCUT2D eigenvalue weighted by molar-refractivity contribution is 9.10. The van der Waals surface area contributed by atoms with E-state index in [0.717, 1.165) is 17.4 Å². The minimum Gasteiger partial charge on any atom is -0.375 e. The molecule has 19 heavy (non-hydrogen) atoms. The number of aryl methyl sites for hydroxylation is 1. The molecule has 0 bridgehead atoms. The summed E-state index contributed by atoms with van der Waals surface area (Å²) in [5, 5.41) is 0.167. The fraction of sp³-hybridized carbons (Fsp3) is 0.100. The van der Waals surface area contributed by atoms with Crippen molar-refractivity contribution in [1.82, 2.24) is 4.98 Å². The first-order valence-corrected chi connectivity index (χ1v) is 8.09. The van der Waals surface area contributed by atoms with Crippen molar-refractivity contribution in [2.45, 2.75) is 11.1 Å². The molecule has 0 aliphatic heterocycles. The summed E-state index contributed by atoms with van der Waals surface area (Å²) in [5.41, 5.74) is 5.91. The number of rotatable bonds is 3. The third-order valence-electron chi connectivity index (χ3n) is 2.19. The highest BCUT2D eigenvalue weighted by atomic mass is 79.9. The number of benzene rings is 1. The van der Waals surface area contributed by atoms with E-state index < -0.39 is 15.8 Å². The topological polar surface area (TPSA) is 85.1 Å². The van der Waals surface area contributed by atoms with Crippen molar-refractivity contribution in [2.24, 2.45) is 0 Å².